The molecule has 1 heterocycles. The van der Waals surface area contributed by atoms with Crippen molar-refractivity contribution >= 4 is 0 Å². The molecular weight excluding hydrogens is 186 g/mol. The molecule has 0 radical (unpaired) electrons. The zero-order valence-corrected chi connectivity index (χ0v) is 9.13. The van der Waals surface area contributed by atoms with E-state index >= 15 is 0 Å². The van der Waals surface area contributed by atoms with E-state index in [2.05, 4.69) is 4.98 Å². The monoisotopic (exact) mass is 205 g/mol. The summed E-state index contributed by atoms with van der Waals surface area (Å²) in [7, 11) is 0. The van der Waals surface area contributed by atoms with Gasteiger partial charge in [-0.05, 0) is 32.1 Å². The summed E-state index contributed by atoms with van der Waals surface area (Å²) < 4.78 is 0. The molecule has 0 amide bonds. The second-order valence-corrected chi connectivity index (χ2v) is 4.97. The molecule has 3 rings (SSSR count). The number of fused-ring (bicyclic) bond motifs is 1. The van der Waals surface area contributed by atoms with Crippen LogP contribution in [0.4, 0.5) is 0 Å². The number of nitrogens with one attached hydrogen (secondary N) is 1. The quantitative estimate of drug-likeness (QED) is 0.739. The predicted octanol–water partition coefficient (Wildman–Crippen LogP) is 2.40. The summed E-state index contributed by atoms with van der Waals surface area (Å²) >= 11 is 0. The van der Waals surface area contributed by atoms with Crippen LogP contribution in [0.2, 0.25) is 0 Å². The largest absolute Gasteiger partial charge is 0.345 e. The van der Waals surface area contributed by atoms with Gasteiger partial charge in [0.2, 0.25) is 0 Å². The number of imidazole rings is 1. The number of nitrogens with zero attached hydrogens (tertiary/aromatic N) is 1. The molecule has 0 aromatic carbocycles. The van der Waals surface area contributed by atoms with Crippen LogP contribution in [0.25, 0.3) is 0 Å². The van der Waals surface area contributed by atoms with E-state index in [-0.39, 0.29) is 6.04 Å². The Morgan fingerprint density at radius 3 is 2.67 bits per heavy atom. The molecule has 0 saturated heterocycles. The molecule has 3 heteroatoms. The highest BCUT2D eigenvalue weighted by Crippen LogP contribution is 2.35. The number of rotatable bonds is 1. The first kappa shape index (κ1) is 9.40. The highest BCUT2D eigenvalue weighted by Gasteiger charge is 2.25. The van der Waals surface area contributed by atoms with Crippen LogP contribution >= 0.6 is 0 Å². The fourth-order valence-corrected chi connectivity index (χ4v) is 2.97. The predicted molar refractivity (Wildman–Crippen MR) is 59.7 cm³/mol. The molecule has 1 aromatic rings. The van der Waals surface area contributed by atoms with Crippen molar-refractivity contribution < 1.29 is 0 Å². The van der Waals surface area contributed by atoms with E-state index in [1.54, 1.807) is 0 Å². The zero-order chi connectivity index (χ0) is 10.3. The molecule has 3 N–H and O–H groups in total. The first-order valence-electron chi connectivity index (χ1n) is 6.19. The van der Waals surface area contributed by atoms with Gasteiger partial charge in [0.15, 0.2) is 0 Å². The average molecular weight is 205 g/mol. The maximum absolute atomic E-state index is 6.08. The Labute approximate surface area is 90.5 Å². The van der Waals surface area contributed by atoms with E-state index in [0.29, 0.717) is 5.92 Å². The number of aromatic nitrogens is 2. The van der Waals surface area contributed by atoms with Gasteiger partial charge in [0, 0.05) is 17.7 Å². The normalized spacial score (nSPS) is 26.9. The minimum atomic E-state index is 0.181. The molecule has 15 heavy (non-hydrogen) atoms. The zero-order valence-electron chi connectivity index (χ0n) is 9.13. The van der Waals surface area contributed by atoms with Gasteiger partial charge < -0.3 is 10.7 Å². The summed E-state index contributed by atoms with van der Waals surface area (Å²) in [5.74, 6) is 1.90. The van der Waals surface area contributed by atoms with Crippen molar-refractivity contribution in [1.82, 2.24) is 9.97 Å². The van der Waals surface area contributed by atoms with Crippen molar-refractivity contribution in [3.8, 4) is 0 Å². The van der Waals surface area contributed by atoms with E-state index in [4.69, 9.17) is 10.7 Å². The number of H-pyrrole nitrogens is 1. The summed E-state index contributed by atoms with van der Waals surface area (Å²) in [5, 5.41) is 0. The summed E-state index contributed by atoms with van der Waals surface area (Å²) in [6, 6.07) is 0.181. The van der Waals surface area contributed by atoms with Crippen LogP contribution in [0.3, 0.4) is 0 Å². The smallest absolute Gasteiger partial charge is 0.109 e. The number of hydrogen-bond acceptors (Lipinski definition) is 2. The van der Waals surface area contributed by atoms with Gasteiger partial charge in [0.05, 0.1) is 5.69 Å². The number of aromatic amines is 1. The molecule has 1 aromatic heterocycles. The summed E-state index contributed by atoms with van der Waals surface area (Å²) in [4.78, 5) is 8.25. The van der Waals surface area contributed by atoms with Crippen LogP contribution in [0, 0.1) is 0 Å². The first-order valence-corrected chi connectivity index (χ1v) is 6.19. The maximum atomic E-state index is 6.08. The third-order valence-corrected chi connectivity index (χ3v) is 3.86. The van der Waals surface area contributed by atoms with Crippen molar-refractivity contribution in [2.24, 2.45) is 5.73 Å². The van der Waals surface area contributed by atoms with Gasteiger partial charge in [0.25, 0.3) is 0 Å². The topological polar surface area (TPSA) is 54.7 Å². The molecule has 1 saturated carbocycles. The van der Waals surface area contributed by atoms with E-state index in [0.717, 1.165) is 18.5 Å². The van der Waals surface area contributed by atoms with Gasteiger partial charge in [0.1, 0.15) is 5.82 Å². The van der Waals surface area contributed by atoms with Gasteiger partial charge in [-0.2, -0.15) is 0 Å². The molecule has 3 nitrogen and oxygen atoms in total. The van der Waals surface area contributed by atoms with Gasteiger partial charge in [-0.15, -0.1) is 0 Å². The lowest BCUT2D eigenvalue weighted by Crippen LogP contribution is -2.17. The highest BCUT2D eigenvalue weighted by molar-refractivity contribution is 5.22. The van der Waals surface area contributed by atoms with Gasteiger partial charge in [-0.1, -0.05) is 12.8 Å². The first-order chi connectivity index (χ1) is 7.34. The molecule has 1 unspecified atom stereocenters. The molecule has 1 atom stereocenters. The van der Waals surface area contributed by atoms with Crippen LogP contribution in [0.15, 0.2) is 0 Å². The lowest BCUT2D eigenvalue weighted by molar-refractivity contribution is 0.555. The van der Waals surface area contributed by atoms with E-state index in [9.17, 15) is 0 Å². The van der Waals surface area contributed by atoms with Crippen molar-refractivity contribution in [2.75, 3.05) is 0 Å². The molecule has 82 valence electrons. The number of aryl methyl sites for hydroxylation is 1. The summed E-state index contributed by atoms with van der Waals surface area (Å²) in [6.07, 6.45) is 8.79. The summed E-state index contributed by atoms with van der Waals surface area (Å²) in [6.45, 7) is 0. The van der Waals surface area contributed by atoms with E-state index in [1.807, 2.05) is 0 Å². The van der Waals surface area contributed by atoms with Gasteiger partial charge >= 0.3 is 0 Å². The molecule has 0 bridgehead atoms. The van der Waals surface area contributed by atoms with Crippen LogP contribution in [0.1, 0.15) is 67.7 Å². The third kappa shape index (κ3) is 1.59. The lowest BCUT2D eigenvalue weighted by Gasteiger charge is -2.15. The molecule has 2 aliphatic carbocycles. The minimum absolute atomic E-state index is 0.181. The summed E-state index contributed by atoms with van der Waals surface area (Å²) in [5.41, 5.74) is 8.55. The minimum Gasteiger partial charge on any atom is -0.345 e. The molecule has 0 aliphatic heterocycles. The highest BCUT2D eigenvalue weighted by atomic mass is 15.0. The Balaban J connectivity index is 1.90. The standard InChI is InChI=1S/C12H19N3/c13-9-6-3-7-10-11(9)15-12(14-10)8-4-1-2-5-8/h8-9H,1-7,13H2,(H,14,15). The van der Waals surface area contributed by atoms with Crippen LogP contribution in [-0.4, -0.2) is 9.97 Å². The molecular formula is C12H19N3. The Hall–Kier alpha value is -0.830. The van der Waals surface area contributed by atoms with Gasteiger partial charge in [-0.3, -0.25) is 0 Å². The maximum Gasteiger partial charge on any atom is 0.109 e. The van der Waals surface area contributed by atoms with Crippen LogP contribution < -0.4 is 5.73 Å². The Bertz CT molecular complexity index is 350. The van der Waals surface area contributed by atoms with Gasteiger partial charge in [-0.25, -0.2) is 4.98 Å². The van der Waals surface area contributed by atoms with Crippen LogP contribution in [0.5, 0.6) is 0 Å². The van der Waals surface area contributed by atoms with Crippen molar-refractivity contribution in [3.05, 3.63) is 17.2 Å². The second kappa shape index (κ2) is 3.63. The Morgan fingerprint density at radius 2 is 1.93 bits per heavy atom. The Morgan fingerprint density at radius 1 is 1.13 bits per heavy atom. The van der Waals surface area contributed by atoms with Crippen LogP contribution in [-0.2, 0) is 6.42 Å². The van der Waals surface area contributed by atoms with Crippen molar-refractivity contribution in [2.45, 2.75) is 56.9 Å². The van der Waals surface area contributed by atoms with Crippen molar-refractivity contribution in [1.29, 1.82) is 0 Å². The fourth-order valence-electron chi connectivity index (χ4n) is 2.97. The van der Waals surface area contributed by atoms with E-state index in [1.165, 1.54) is 43.6 Å². The lowest BCUT2D eigenvalue weighted by atomic mass is 9.97. The number of nitrogens with two attached hydrogens (primary N) is 1. The molecule has 2 aliphatic rings. The average Bonchev–Trinajstić information content (AvgIpc) is 2.86. The molecule has 0 spiro atoms. The number of hydrogen-bond donors (Lipinski definition) is 2. The Kier molecular flexibility index (Phi) is 2.28. The SMILES string of the molecule is NC1CCCc2[nH]c(C3CCCC3)nc21. The second-order valence-electron chi connectivity index (χ2n) is 4.97. The van der Waals surface area contributed by atoms with Crippen molar-refractivity contribution in [3.63, 3.8) is 0 Å². The van der Waals surface area contributed by atoms with E-state index < -0.39 is 0 Å². The fraction of sp³-hybridized carbons (Fsp3) is 0.750. The molecule has 1 fully saturated rings. The third-order valence-electron chi connectivity index (χ3n) is 3.86.